The van der Waals surface area contributed by atoms with Crippen molar-refractivity contribution in [2.45, 2.75) is 0 Å². The fraction of sp³-hybridized carbons (Fsp3) is 0.0769. The molecular formula is C13H9BrIN3OS. The lowest BCUT2D eigenvalue weighted by atomic mass is 10.2. The Morgan fingerprint density at radius 2 is 2.35 bits per heavy atom. The Kier molecular flexibility index (Phi) is 4.08. The van der Waals surface area contributed by atoms with Gasteiger partial charge >= 0.3 is 0 Å². The summed E-state index contributed by atoms with van der Waals surface area (Å²) in [6.07, 6.45) is 3.86. The number of nitrogens with zero attached hydrogens (tertiary/aromatic N) is 2. The van der Waals surface area contributed by atoms with E-state index in [4.69, 9.17) is 0 Å². The van der Waals surface area contributed by atoms with Crippen LogP contribution in [-0.4, -0.2) is 20.5 Å². The van der Waals surface area contributed by atoms with Gasteiger partial charge in [0.1, 0.15) is 0 Å². The van der Waals surface area contributed by atoms with Crippen LogP contribution in [0.4, 0.5) is 0 Å². The number of hydrogen-bond acceptors (Lipinski definition) is 4. The normalized spacial score (nSPS) is 15.0. The quantitative estimate of drug-likeness (QED) is 0.420. The maximum Gasteiger partial charge on any atom is 0.255 e. The summed E-state index contributed by atoms with van der Waals surface area (Å²) < 4.78 is 3.97. The highest BCUT2D eigenvalue weighted by atomic mass is 127. The number of nitrogens with one attached hydrogen (secondary N) is 1. The van der Waals surface area contributed by atoms with Crippen LogP contribution in [0, 0.1) is 0 Å². The van der Waals surface area contributed by atoms with Gasteiger partial charge in [-0.05, 0) is 46.3 Å². The first-order chi connectivity index (χ1) is 9.63. The molecule has 7 heteroatoms. The van der Waals surface area contributed by atoms with E-state index in [0.717, 1.165) is 27.1 Å². The lowest BCUT2D eigenvalue weighted by Gasteiger charge is -2.19. The van der Waals surface area contributed by atoms with Crippen LogP contribution >= 0.6 is 50.1 Å². The van der Waals surface area contributed by atoms with E-state index in [9.17, 15) is 4.79 Å². The molecule has 0 saturated heterocycles. The van der Waals surface area contributed by atoms with Gasteiger partial charge in [0.2, 0.25) is 0 Å². The van der Waals surface area contributed by atoms with E-state index in [2.05, 4.69) is 49.1 Å². The maximum absolute atomic E-state index is 12.2. The maximum atomic E-state index is 12.2. The van der Waals surface area contributed by atoms with Gasteiger partial charge in [0.05, 0.1) is 43.2 Å². The first kappa shape index (κ1) is 14.0. The van der Waals surface area contributed by atoms with Crippen LogP contribution in [0.25, 0.3) is 10.2 Å². The SMILES string of the molecule is O=C(NC1=CCN(I)C(Br)=C1)c1ccc2ncsc2c1. The van der Waals surface area contributed by atoms with Gasteiger partial charge in [-0.15, -0.1) is 11.3 Å². The van der Waals surface area contributed by atoms with Crippen molar-refractivity contribution in [2.75, 3.05) is 6.54 Å². The number of allylic oxidation sites excluding steroid dienone is 1. The topological polar surface area (TPSA) is 45.2 Å². The molecule has 2 aromatic rings. The van der Waals surface area contributed by atoms with Crippen molar-refractivity contribution in [3.63, 3.8) is 0 Å². The second kappa shape index (κ2) is 5.82. The van der Waals surface area contributed by atoms with Crippen LogP contribution in [0.1, 0.15) is 10.4 Å². The standard InChI is InChI=1S/C13H9BrIN3OS/c14-12-6-9(3-4-18(12)15)17-13(19)8-1-2-10-11(5-8)20-7-16-10/h1-3,5-7H,4H2,(H,17,19). The fourth-order valence-electron chi connectivity index (χ4n) is 1.81. The molecule has 0 spiro atoms. The second-order valence-corrected chi connectivity index (χ2v) is 7.02. The van der Waals surface area contributed by atoms with Crippen LogP contribution in [-0.2, 0) is 0 Å². The first-order valence-electron chi connectivity index (χ1n) is 5.79. The summed E-state index contributed by atoms with van der Waals surface area (Å²) in [6, 6.07) is 5.54. The van der Waals surface area contributed by atoms with Gasteiger partial charge in [-0.25, -0.2) is 4.98 Å². The minimum Gasteiger partial charge on any atom is -0.322 e. The van der Waals surface area contributed by atoms with Gasteiger partial charge < -0.3 is 8.43 Å². The lowest BCUT2D eigenvalue weighted by molar-refractivity contribution is 0.0967. The Bertz CT molecular complexity index is 740. The van der Waals surface area contributed by atoms with E-state index in [-0.39, 0.29) is 5.91 Å². The van der Waals surface area contributed by atoms with Gasteiger partial charge in [0.25, 0.3) is 5.91 Å². The van der Waals surface area contributed by atoms with Crippen molar-refractivity contribution < 1.29 is 4.79 Å². The van der Waals surface area contributed by atoms with Crippen LogP contribution in [0.2, 0.25) is 0 Å². The molecule has 0 bridgehead atoms. The Hall–Kier alpha value is -0.930. The van der Waals surface area contributed by atoms with Crippen LogP contribution < -0.4 is 5.32 Å². The smallest absolute Gasteiger partial charge is 0.255 e. The van der Waals surface area contributed by atoms with Gasteiger partial charge in [-0.1, -0.05) is 0 Å². The number of halogens is 2. The molecule has 4 nitrogen and oxygen atoms in total. The Morgan fingerprint density at radius 1 is 1.50 bits per heavy atom. The third-order valence-electron chi connectivity index (χ3n) is 2.83. The number of amides is 1. The molecule has 1 aliphatic rings. The molecule has 2 heterocycles. The van der Waals surface area contributed by atoms with Gasteiger partial charge in [-0.3, -0.25) is 4.79 Å². The Labute approximate surface area is 142 Å². The number of rotatable bonds is 2. The lowest BCUT2D eigenvalue weighted by Crippen LogP contribution is -2.25. The fourth-order valence-corrected chi connectivity index (χ4v) is 3.25. The van der Waals surface area contributed by atoms with Crippen molar-refractivity contribution in [1.29, 1.82) is 0 Å². The van der Waals surface area contributed by atoms with E-state index in [1.165, 1.54) is 11.3 Å². The second-order valence-electron chi connectivity index (χ2n) is 4.16. The zero-order valence-corrected chi connectivity index (χ0v) is 14.7. The number of benzene rings is 1. The predicted molar refractivity (Wildman–Crippen MR) is 92.9 cm³/mol. The van der Waals surface area contributed by atoms with Gasteiger partial charge in [0.15, 0.2) is 0 Å². The molecule has 0 atom stereocenters. The average molecular weight is 462 g/mol. The number of fused-ring (bicyclic) bond motifs is 1. The number of thiazole rings is 1. The van der Waals surface area contributed by atoms with Crippen molar-refractivity contribution >= 4 is 66.3 Å². The molecule has 0 aliphatic carbocycles. The Balaban J connectivity index is 1.79. The molecule has 3 rings (SSSR count). The largest absolute Gasteiger partial charge is 0.322 e. The zero-order valence-electron chi connectivity index (χ0n) is 10.1. The molecule has 1 aromatic carbocycles. The van der Waals surface area contributed by atoms with Crippen molar-refractivity contribution in [2.24, 2.45) is 0 Å². The van der Waals surface area contributed by atoms with Crippen molar-refractivity contribution in [3.05, 3.63) is 51.7 Å². The molecule has 0 fully saturated rings. The third-order valence-corrected chi connectivity index (χ3v) is 5.85. The van der Waals surface area contributed by atoms with Crippen LogP contribution in [0.15, 0.2) is 46.2 Å². The van der Waals surface area contributed by atoms with E-state index >= 15 is 0 Å². The molecule has 0 unspecified atom stereocenters. The summed E-state index contributed by atoms with van der Waals surface area (Å²) in [5.41, 5.74) is 4.15. The number of carbonyl (C=O) groups excluding carboxylic acids is 1. The molecular weight excluding hydrogens is 453 g/mol. The third kappa shape index (κ3) is 2.89. The first-order valence-corrected chi connectivity index (χ1v) is 8.42. The minimum atomic E-state index is -0.106. The summed E-state index contributed by atoms with van der Waals surface area (Å²) in [4.78, 5) is 16.4. The molecule has 0 saturated carbocycles. The highest BCUT2D eigenvalue weighted by molar-refractivity contribution is 14.1. The van der Waals surface area contributed by atoms with Crippen molar-refractivity contribution in [1.82, 2.24) is 13.4 Å². The van der Waals surface area contributed by atoms with Gasteiger partial charge in [-0.2, -0.15) is 0 Å². The summed E-state index contributed by atoms with van der Waals surface area (Å²) in [6.45, 7) is 0.751. The van der Waals surface area contributed by atoms with Gasteiger partial charge in [0, 0.05) is 17.8 Å². The molecule has 0 radical (unpaired) electrons. The monoisotopic (exact) mass is 461 g/mol. The number of aromatic nitrogens is 1. The molecule has 1 N–H and O–H groups in total. The van der Waals surface area contributed by atoms with E-state index in [1.807, 2.05) is 27.4 Å². The zero-order chi connectivity index (χ0) is 14.1. The predicted octanol–water partition coefficient (Wildman–Crippen LogP) is 3.81. The minimum absolute atomic E-state index is 0.106. The van der Waals surface area contributed by atoms with Crippen LogP contribution in [0.5, 0.6) is 0 Å². The summed E-state index contributed by atoms with van der Waals surface area (Å²) in [5.74, 6) is -0.106. The summed E-state index contributed by atoms with van der Waals surface area (Å²) >= 11 is 7.18. The molecule has 1 aromatic heterocycles. The number of carbonyl (C=O) groups is 1. The van der Waals surface area contributed by atoms with Crippen molar-refractivity contribution in [3.8, 4) is 0 Å². The average Bonchev–Trinajstić information content (AvgIpc) is 2.90. The Morgan fingerprint density at radius 3 is 3.15 bits per heavy atom. The highest BCUT2D eigenvalue weighted by Gasteiger charge is 2.13. The van der Waals surface area contributed by atoms with Crippen LogP contribution in [0.3, 0.4) is 0 Å². The van der Waals surface area contributed by atoms with E-state index < -0.39 is 0 Å². The van der Waals surface area contributed by atoms with E-state index in [1.54, 1.807) is 11.6 Å². The molecule has 1 amide bonds. The van der Waals surface area contributed by atoms with E-state index in [0.29, 0.717) is 5.56 Å². The molecule has 1 aliphatic heterocycles. The summed E-state index contributed by atoms with van der Waals surface area (Å²) in [5, 5.41) is 2.91. The highest BCUT2D eigenvalue weighted by Crippen LogP contribution is 2.23. The molecule has 20 heavy (non-hydrogen) atoms. The summed E-state index contributed by atoms with van der Waals surface area (Å²) in [7, 11) is 0. The number of hydrogen-bond donors (Lipinski definition) is 1. The molecule has 102 valence electrons.